The quantitative estimate of drug-likeness (QED) is 0.150. The number of pyridine rings is 1. The summed E-state index contributed by atoms with van der Waals surface area (Å²) in [6.07, 6.45) is 12.4. The van der Waals surface area contributed by atoms with Crippen LogP contribution in [0.5, 0.6) is 5.75 Å². The second kappa shape index (κ2) is 14.1. The molecule has 0 saturated heterocycles. The number of rotatable bonds is 12. The van der Waals surface area contributed by atoms with Crippen LogP contribution in [0.4, 0.5) is 11.5 Å². The molecule has 4 aromatic rings. The summed E-state index contributed by atoms with van der Waals surface area (Å²) in [6.45, 7) is 0.874. The number of imidazole rings is 1. The van der Waals surface area contributed by atoms with Crippen molar-refractivity contribution in [2.75, 3.05) is 23.5 Å². The molecule has 1 aliphatic carbocycles. The molecule has 0 amide bonds. The zero-order valence-corrected chi connectivity index (χ0v) is 26.6. The maximum atomic E-state index is 13.2. The minimum atomic E-state index is -3.85. The van der Waals surface area contributed by atoms with Crippen LogP contribution >= 0.6 is 0 Å². The number of nitrogen functional groups attached to an aromatic ring is 1. The van der Waals surface area contributed by atoms with Gasteiger partial charge < -0.3 is 25.9 Å². The molecule has 2 atom stereocenters. The largest absolute Gasteiger partial charge is 0.489 e. The molecule has 244 valence electrons. The maximum absolute atomic E-state index is 13.2. The highest BCUT2D eigenvalue weighted by Gasteiger charge is 2.23. The number of H-pyrrole nitrogens is 1. The van der Waals surface area contributed by atoms with Crippen molar-refractivity contribution >= 4 is 21.5 Å². The van der Waals surface area contributed by atoms with E-state index in [1.54, 1.807) is 59.3 Å². The van der Waals surface area contributed by atoms with Gasteiger partial charge in [0.15, 0.2) is 0 Å². The number of anilines is 2. The summed E-state index contributed by atoms with van der Waals surface area (Å²) in [5.41, 5.74) is 8.91. The van der Waals surface area contributed by atoms with Gasteiger partial charge in [0.25, 0.3) is 10.0 Å². The van der Waals surface area contributed by atoms with Crippen molar-refractivity contribution < 1.29 is 18.3 Å². The summed E-state index contributed by atoms with van der Waals surface area (Å²) in [7, 11) is -3.85. The number of nitrogens with zero attached hydrogens (tertiary/aromatic N) is 2. The van der Waals surface area contributed by atoms with E-state index in [2.05, 4.69) is 20.0 Å². The van der Waals surface area contributed by atoms with Gasteiger partial charge in [-0.1, -0.05) is 38.2 Å². The van der Waals surface area contributed by atoms with Gasteiger partial charge >= 0.3 is 5.69 Å². The lowest BCUT2D eigenvalue weighted by Crippen LogP contribution is -2.36. The van der Waals surface area contributed by atoms with Crippen LogP contribution in [0.3, 0.4) is 0 Å². The van der Waals surface area contributed by atoms with E-state index in [0.717, 1.165) is 30.0 Å². The first kappa shape index (κ1) is 31.8. The Bertz CT molecular complexity index is 1780. The molecule has 2 aromatic heterocycles. The van der Waals surface area contributed by atoms with Crippen LogP contribution in [-0.2, 0) is 22.9 Å². The molecule has 11 nitrogen and oxygen atoms in total. The SMILES string of the molecule is Nc1ccc(C(O)CNCC2CCc3cc(S(=O)(=O)Nc4ccc(-n5cc(CCC6CCCCC6)[nH]c5=O)cc4)ccc3O2)cn1. The zero-order chi connectivity index (χ0) is 32.1. The fraction of sp³-hybridized carbons (Fsp3) is 0.412. The first-order valence-electron chi connectivity index (χ1n) is 16.1. The molecule has 1 aliphatic heterocycles. The molecule has 0 bridgehead atoms. The molecule has 1 saturated carbocycles. The number of sulfonamides is 1. The molecule has 3 heterocycles. The number of benzene rings is 2. The molecule has 1 fully saturated rings. The first-order chi connectivity index (χ1) is 22.2. The van der Waals surface area contributed by atoms with Crippen molar-refractivity contribution in [2.24, 2.45) is 5.92 Å². The van der Waals surface area contributed by atoms with E-state index >= 15 is 0 Å². The molecular formula is C34H42N6O5S. The zero-order valence-electron chi connectivity index (χ0n) is 25.8. The molecule has 2 unspecified atom stereocenters. The van der Waals surface area contributed by atoms with E-state index in [9.17, 15) is 18.3 Å². The van der Waals surface area contributed by atoms with Crippen LogP contribution in [0.15, 0.2) is 76.7 Å². The molecule has 6 rings (SSSR count). The molecule has 6 N–H and O–H groups in total. The van der Waals surface area contributed by atoms with Crippen LogP contribution in [0.25, 0.3) is 5.69 Å². The molecule has 2 aliphatic rings. The smallest absolute Gasteiger partial charge is 0.330 e. The third-order valence-electron chi connectivity index (χ3n) is 8.99. The standard InChI is InChI=1S/C34H42N6O5S/c35-33-17-8-25(19-37-33)31(41)21-36-20-29-14-7-24-18-30(15-16-32(24)45-29)46(43,44)39-26-10-12-28(13-11-26)40-22-27(38-34(40)42)9-6-23-4-2-1-3-5-23/h8,10-13,15-19,22-23,29,31,36,39,41H,1-7,9,14,20-21H2,(H2,35,37)(H,38,42). The molecule has 46 heavy (non-hydrogen) atoms. The van der Waals surface area contributed by atoms with E-state index in [4.69, 9.17) is 10.5 Å². The van der Waals surface area contributed by atoms with Crippen molar-refractivity contribution in [1.29, 1.82) is 0 Å². The summed E-state index contributed by atoms with van der Waals surface area (Å²) >= 11 is 0. The number of hydrogen-bond acceptors (Lipinski definition) is 8. The highest BCUT2D eigenvalue weighted by Crippen LogP contribution is 2.31. The van der Waals surface area contributed by atoms with Gasteiger partial charge in [-0.05, 0) is 85.7 Å². The lowest BCUT2D eigenvalue weighted by Gasteiger charge is -2.27. The van der Waals surface area contributed by atoms with Gasteiger partial charge in [0, 0.05) is 42.4 Å². The van der Waals surface area contributed by atoms with Crippen LogP contribution in [0, 0.1) is 5.92 Å². The van der Waals surface area contributed by atoms with E-state index in [1.165, 1.54) is 38.2 Å². The second-order valence-corrected chi connectivity index (χ2v) is 14.1. The lowest BCUT2D eigenvalue weighted by atomic mass is 9.86. The summed E-state index contributed by atoms with van der Waals surface area (Å²) in [5.74, 6) is 1.79. The minimum Gasteiger partial charge on any atom is -0.489 e. The predicted octanol–water partition coefficient (Wildman–Crippen LogP) is 4.47. The van der Waals surface area contributed by atoms with Crippen molar-refractivity contribution in [2.45, 2.75) is 74.9 Å². The topological polar surface area (TPSA) is 164 Å². The molecule has 0 radical (unpaired) electrons. The van der Waals surface area contributed by atoms with Crippen LogP contribution in [-0.4, -0.2) is 47.3 Å². The highest BCUT2D eigenvalue weighted by atomic mass is 32.2. The Kier molecular flexibility index (Phi) is 9.76. The Morgan fingerprint density at radius 3 is 2.63 bits per heavy atom. The molecule has 2 aromatic carbocycles. The van der Waals surface area contributed by atoms with Crippen molar-refractivity contribution in [3.05, 3.63) is 94.3 Å². The number of aliphatic hydroxyl groups is 1. The van der Waals surface area contributed by atoms with E-state index in [0.29, 0.717) is 54.4 Å². The third kappa shape index (κ3) is 7.80. The number of aromatic nitrogens is 3. The highest BCUT2D eigenvalue weighted by molar-refractivity contribution is 7.92. The Morgan fingerprint density at radius 2 is 1.87 bits per heavy atom. The van der Waals surface area contributed by atoms with E-state index in [1.807, 2.05) is 6.20 Å². The average molecular weight is 647 g/mol. The fourth-order valence-corrected chi connectivity index (χ4v) is 7.46. The normalized spacial score (nSPS) is 17.6. The minimum absolute atomic E-state index is 0.108. The number of aryl methyl sites for hydroxylation is 2. The van der Waals surface area contributed by atoms with E-state index in [-0.39, 0.29) is 16.7 Å². The number of aromatic amines is 1. The van der Waals surface area contributed by atoms with Crippen LogP contribution in [0.1, 0.15) is 67.9 Å². The van der Waals surface area contributed by atoms with Crippen molar-refractivity contribution in [3.63, 3.8) is 0 Å². The lowest BCUT2D eigenvalue weighted by molar-refractivity contribution is 0.146. The molecule has 12 heteroatoms. The van der Waals surface area contributed by atoms with Gasteiger partial charge in [0.05, 0.1) is 16.7 Å². The number of hydrogen-bond donors (Lipinski definition) is 5. The Labute approximate surface area is 269 Å². The predicted molar refractivity (Wildman–Crippen MR) is 178 cm³/mol. The van der Waals surface area contributed by atoms with Gasteiger partial charge in [-0.2, -0.15) is 0 Å². The van der Waals surface area contributed by atoms with Gasteiger partial charge in [0.1, 0.15) is 17.7 Å². The summed E-state index contributed by atoms with van der Waals surface area (Å²) in [6, 6.07) is 15.1. The van der Waals surface area contributed by atoms with Gasteiger partial charge in [-0.15, -0.1) is 0 Å². The van der Waals surface area contributed by atoms with Gasteiger partial charge in [0.2, 0.25) is 0 Å². The first-order valence-corrected chi connectivity index (χ1v) is 17.6. The Hall–Kier alpha value is -4.13. The van der Waals surface area contributed by atoms with E-state index < -0.39 is 16.1 Å². The van der Waals surface area contributed by atoms with Crippen LogP contribution < -0.4 is 26.2 Å². The summed E-state index contributed by atoms with van der Waals surface area (Å²) < 4.78 is 36.8. The Morgan fingerprint density at radius 1 is 1.07 bits per heavy atom. The summed E-state index contributed by atoms with van der Waals surface area (Å²) in [5, 5.41) is 13.6. The number of nitrogens with two attached hydrogens (primary N) is 1. The second-order valence-electron chi connectivity index (χ2n) is 12.4. The Balaban J connectivity index is 1.02. The summed E-state index contributed by atoms with van der Waals surface area (Å²) in [4.78, 5) is 19.8. The van der Waals surface area contributed by atoms with Gasteiger partial charge in [-0.3, -0.25) is 9.29 Å². The average Bonchev–Trinajstić information content (AvgIpc) is 3.44. The maximum Gasteiger partial charge on any atom is 0.330 e. The number of nitrogens with one attached hydrogen (secondary N) is 3. The number of ether oxygens (including phenoxy) is 1. The monoisotopic (exact) mass is 646 g/mol. The number of aliphatic hydroxyl groups excluding tert-OH is 1. The molecular weight excluding hydrogens is 604 g/mol. The van der Waals surface area contributed by atoms with Crippen molar-refractivity contribution in [3.8, 4) is 11.4 Å². The van der Waals surface area contributed by atoms with Gasteiger partial charge in [-0.25, -0.2) is 18.2 Å². The third-order valence-corrected chi connectivity index (χ3v) is 10.4. The number of fused-ring (bicyclic) bond motifs is 1. The fourth-order valence-electron chi connectivity index (χ4n) is 6.35. The van der Waals surface area contributed by atoms with Crippen molar-refractivity contribution in [1.82, 2.24) is 19.9 Å². The van der Waals surface area contributed by atoms with Crippen LogP contribution in [0.2, 0.25) is 0 Å². The molecule has 0 spiro atoms.